The van der Waals surface area contributed by atoms with E-state index in [9.17, 15) is 0 Å². The summed E-state index contributed by atoms with van der Waals surface area (Å²) in [6.45, 7) is 3.21. The molecule has 4 nitrogen and oxygen atoms in total. The van der Waals surface area contributed by atoms with Crippen LogP contribution in [-0.4, -0.2) is 22.5 Å². The maximum atomic E-state index is 5.78. The van der Waals surface area contributed by atoms with Crippen LogP contribution < -0.4 is 10.5 Å². The van der Waals surface area contributed by atoms with Crippen LogP contribution in [0.15, 0.2) is 48.7 Å². The van der Waals surface area contributed by atoms with Crippen molar-refractivity contribution in [1.29, 1.82) is 0 Å². The van der Waals surface area contributed by atoms with Crippen molar-refractivity contribution in [2.24, 2.45) is 5.73 Å². The van der Waals surface area contributed by atoms with Gasteiger partial charge in [-0.15, -0.1) is 0 Å². The minimum absolute atomic E-state index is 0.590. The first-order valence-electron chi connectivity index (χ1n) is 7.23. The van der Waals surface area contributed by atoms with Crippen LogP contribution in [-0.2, 0) is 6.42 Å². The van der Waals surface area contributed by atoms with E-state index in [1.807, 2.05) is 55.6 Å². The van der Waals surface area contributed by atoms with Gasteiger partial charge in [0, 0.05) is 18.2 Å². The number of pyridine rings is 1. The van der Waals surface area contributed by atoms with Crippen molar-refractivity contribution in [1.82, 2.24) is 9.38 Å². The van der Waals surface area contributed by atoms with Crippen LogP contribution in [0, 0.1) is 0 Å². The molecule has 0 radical (unpaired) electrons. The van der Waals surface area contributed by atoms with Crippen molar-refractivity contribution in [3.63, 3.8) is 0 Å². The van der Waals surface area contributed by atoms with Gasteiger partial charge >= 0.3 is 0 Å². The Morgan fingerprint density at radius 3 is 2.76 bits per heavy atom. The van der Waals surface area contributed by atoms with Crippen molar-refractivity contribution in [3.05, 3.63) is 54.4 Å². The lowest BCUT2D eigenvalue weighted by Gasteiger charge is -2.10. The van der Waals surface area contributed by atoms with Gasteiger partial charge in [-0.2, -0.15) is 0 Å². The van der Waals surface area contributed by atoms with E-state index < -0.39 is 0 Å². The zero-order valence-electron chi connectivity index (χ0n) is 12.1. The third-order valence-electron chi connectivity index (χ3n) is 3.45. The van der Waals surface area contributed by atoms with E-state index in [0.29, 0.717) is 13.2 Å². The molecule has 2 heterocycles. The van der Waals surface area contributed by atoms with Crippen LogP contribution in [0.3, 0.4) is 0 Å². The van der Waals surface area contributed by atoms with Gasteiger partial charge in [0.05, 0.1) is 18.0 Å². The Morgan fingerprint density at radius 1 is 1.14 bits per heavy atom. The van der Waals surface area contributed by atoms with Crippen molar-refractivity contribution in [3.8, 4) is 17.0 Å². The molecule has 0 saturated heterocycles. The normalized spacial score (nSPS) is 11.0. The summed E-state index contributed by atoms with van der Waals surface area (Å²) in [4.78, 5) is 4.77. The molecule has 1 aromatic carbocycles. The molecule has 2 aromatic heterocycles. The summed E-state index contributed by atoms with van der Waals surface area (Å²) in [6.07, 6.45) is 2.81. The highest BCUT2D eigenvalue weighted by Crippen LogP contribution is 2.32. The molecule has 0 saturated carbocycles. The highest BCUT2D eigenvalue weighted by Gasteiger charge is 2.16. The number of hydrogen-bond acceptors (Lipinski definition) is 3. The molecule has 0 aliphatic rings. The highest BCUT2D eigenvalue weighted by atomic mass is 16.5. The molecule has 108 valence electrons. The monoisotopic (exact) mass is 281 g/mol. The molecule has 0 atom stereocenters. The minimum Gasteiger partial charge on any atom is -0.493 e. The fourth-order valence-corrected chi connectivity index (χ4v) is 2.58. The summed E-state index contributed by atoms with van der Waals surface area (Å²) in [7, 11) is 0. The van der Waals surface area contributed by atoms with Crippen LogP contribution in [0.4, 0.5) is 0 Å². The number of nitrogens with two attached hydrogens (primary N) is 1. The van der Waals surface area contributed by atoms with Gasteiger partial charge in [0.2, 0.25) is 0 Å². The Morgan fingerprint density at radius 2 is 1.95 bits per heavy atom. The first kappa shape index (κ1) is 13.6. The van der Waals surface area contributed by atoms with Gasteiger partial charge in [0.25, 0.3) is 0 Å². The van der Waals surface area contributed by atoms with Crippen molar-refractivity contribution in [2.75, 3.05) is 13.2 Å². The minimum atomic E-state index is 0.590. The summed E-state index contributed by atoms with van der Waals surface area (Å²) in [6, 6.07) is 14.0. The largest absolute Gasteiger partial charge is 0.493 e. The van der Waals surface area contributed by atoms with Gasteiger partial charge in [0.15, 0.2) is 0 Å². The molecule has 0 spiro atoms. The Bertz CT molecular complexity index is 749. The lowest BCUT2D eigenvalue weighted by atomic mass is 10.1. The van der Waals surface area contributed by atoms with Gasteiger partial charge < -0.3 is 14.9 Å². The molecule has 0 fully saturated rings. The number of benzene rings is 1. The molecule has 0 aliphatic carbocycles. The molecule has 0 unspecified atom stereocenters. The van der Waals surface area contributed by atoms with Crippen molar-refractivity contribution >= 4 is 5.65 Å². The fourth-order valence-electron chi connectivity index (χ4n) is 2.58. The summed E-state index contributed by atoms with van der Waals surface area (Å²) in [5.74, 6) is 0.863. The van der Waals surface area contributed by atoms with Crippen molar-refractivity contribution in [2.45, 2.75) is 13.3 Å². The van der Waals surface area contributed by atoms with E-state index in [0.717, 1.165) is 34.8 Å². The van der Waals surface area contributed by atoms with E-state index in [1.165, 1.54) is 0 Å². The summed E-state index contributed by atoms with van der Waals surface area (Å²) in [5.41, 5.74) is 9.81. The average Bonchev–Trinajstić information content (AvgIpc) is 2.88. The van der Waals surface area contributed by atoms with Crippen LogP contribution in [0.1, 0.15) is 12.6 Å². The van der Waals surface area contributed by atoms with Crippen molar-refractivity contribution < 1.29 is 4.74 Å². The Kier molecular flexibility index (Phi) is 3.88. The number of para-hydroxylation sites is 1. The highest BCUT2D eigenvalue weighted by molar-refractivity contribution is 5.72. The molecule has 3 aromatic rings. The zero-order valence-corrected chi connectivity index (χ0v) is 12.1. The lowest BCUT2D eigenvalue weighted by molar-refractivity contribution is 0.341. The number of nitrogens with zero attached hydrogens (tertiary/aromatic N) is 2. The van der Waals surface area contributed by atoms with E-state index in [-0.39, 0.29) is 0 Å². The Labute approximate surface area is 124 Å². The lowest BCUT2D eigenvalue weighted by Crippen LogP contribution is -2.06. The molecule has 0 aliphatic heterocycles. The third-order valence-corrected chi connectivity index (χ3v) is 3.45. The fraction of sp³-hybridized carbons (Fsp3) is 0.235. The second-order valence-electron chi connectivity index (χ2n) is 4.80. The standard InChI is InChI=1S/C17H19N3O/c1-2-21-15-8-4-3-7-13(15)17-14(10-11-18)20-12-6-5-9-16(20)19-17/h3-9,12H,2,10-11,18H2,1H3. The first-order valence-corrected chi connectivity index (χ1v) is 7.23. The van der Waals surface area contributed by atoms with E-state index in [2.05, 4.69) is 4.40 Å². The second-order valence-corrected chi connectivity index (χ2v) is 4.80. The Hall–Kier alpha value is -2.33. The topological polar surface area (TPSA) is 52.5 Å². The summed E-state index contributed by atoms with van der Waals surface area (Å²) in [5, 5.41) is 0. The predicted molar refractivity (Wildman–Crippen MR) is 84.6 cm³/mol. The van der Waals surface area contributed by atoms with Crippen LogP contribution >= 0.6 is 0 Å². The third kappa shape index (κ3) is 2.50. The van der Waals surface area contributed by atoms with Crippen LogP contribution in [0.2, 0.25) is 0 Å². The average molecular weight is 281 g/mol. The number of hydrogen-bond donors (Lipinski definition) is 1. The van der Waals surface area contributed by atoms with E-state index in [4.69, 9.17) is 15.5 Å². The first-order chi connectivity index (χ1) is 10.3. The summed E-state index contributed by atoms with van der Waals surface area (Å²) >= 11 is 0. The van der Waals surface area contributed by atoms with E-state index >= 15 is 0 Å². The molecule has 4 heteroatoms. The van der Waals surface area contributed by atoms with Crippen LogP contribution in [0.25, 0.3) is 16.9 Å². The molecule has 0 bridgehead atoms. The van der Waals surface area contributed by atoms with Gasteiger partial charge in [0.1, 0.15) is 11.4 Å². The molecule has 2 N–H and O–H groups in total. The van der Waals surface area contributed by atoms with Gasteiger partial charge in [-0.25, -0.2) is 4.98 Å². The Balaban J connectivity index is 2.22. The molecule has 0 amide bonds. The number of ether oxygens (including phenoxy) is 1. The number of fused-ring (bicyclic) bond motifs is 1. The van der Waals surface area contributed by atoms with Gasteiger partial charge in [-0.3, -0.25) is 0 Å². The second kappa shape index (κ2) is 5.97. The maximum absolute atomic E-state index is 5.78. The number of imidazole rings is 1. The molecule has 21 heavy (non-hydrogen) atoms. The molecule has 3 rings (SSSR count). The van der Waals surface area contributed by atoms with Gasteiger partial charge in [-0.1, -0.05) is 18.2 Å². The maximum Gasteiger partial charge on any atom is 0.137 e. The quantitative estimate of drug-likeness (QED) is 0.782. The SMILES string of the molecule is CCOc1ccccc1-c1nc2ccccn2c1CCN. The molecular weight excluding hydrogens is 262 g/mol. The summed E-state index contributed by atoms with van der Waals surface area (Å²) < 4.78 is 7.84. The predicted octanol–water partition coefficient (Wildman–Crippen LogP) is 2.90. The molecular formula is C17H19N3O. The number of rotatable bonds is 5. The van der Waals surface area contributed by atoms with Gasteiger partial charge in [-0.05, 0) is 37.7 Å². The number of aromatic nitrogens is 2. The smallest absolute Gasteiger partial charge is 0.137 e. The van der Waals surface area contributed by atoms with Crippen LogP contribution in [0.5, 0.6) is 5.75 Å². The zero-order chi connectivity index (χ0) is 14.7. The van der Waals surface area contributed by atoms with E-state index in [1.54, 1.807) is 0 Å².